The minimum atomic E-state index is 1.15. The molecule has 1 heteroatoms. The van der Waals surface area contributed by atoms with E-state index in [4.69, 9.17) is 0 Å². The van der Waals surface area contributed by atoms with E-state index in [1.807, 2.05) is 0 Å². The maximum atomic E-state index is 1.76. The second-order valence-electron chi connectivity index (χ2n) is 1.63. The Labute approximate surface area is 46.0 Å². The molecule has 1 saturated carbocycles. The van der Waals surface area contributed by atoms with Gasteiger partial charge in [0.15, 0.2) is 0 Å². The van der Waals surface area contributed by atoms with E-state index in [9.17, 15) is 0 Å². The number of hydrogen-bond donors (Lipinski definition) is 0. The first-order valence-electron chi connectivity index (χ1n) is 2.11. The molecule has 0 saturated heterocycles. The summed E-state index contributed by atoms with van der Waals surface area (Å²) in [6.07, 6.45) is 4.56. The summed E-state index contributed by atoms with van der Waals surface area (Å²) in [5.74, 6) is 0. The van der Waals surface area contributed by atoms with Gasteiger partial charge in [-0.05, 0) is 0 Å². The van der Waals surface area contributed by atoms with E-state index in [0.717, 1.165) is 3.93 Å². The Morgan fingerprint density at radius 2 is 1.80 bits per heavy atom. The summed E-state index contributed by atoms with van der Waals surface area (Å²) in [7, 11) is 0. The van der Waals surface area contributed by atoms with Crippen molar-refractivity contribution in [2.24, 2.45) is 0 Å². The van der Waals surface area contributed by atoms with Crippen molar-refractivity contribution in [3.63, 3.8) is 0 Å². The van der Waals surface area contributed by atoms with Crippen molar-refractivity contribution in [1.29, 1.82) is 0 Å². The molecule has 0 bridgehead atoms. The number of rotatable bonds is 0. The zero-order valence-electron chi connectivity index (χ0n) is 3.20. The average Bonchev–Trinajstić information content (AvgIpc) is 1.30. The molecule has 0 heterocycles. The SMILES string of the molecule is [Sn][CH]1CCC1. The first-order valence-corrected chi connectivity index (χ1v) is 3.75. The number of hydrogen-bond acceptors (Lipinski definition) is 0. The second kappa shape index (κ2) is 1.50. The molecule has 0 unspecified atom stereocenters. The second-order valence-corrected chi connectivity index (χ2v) is 3.96. The Kier molecular flexibility index (Phi) is 1.19. The normalized spacial score (nSPS) is 25.8. The molecule has 0 aromatic heterocycles. The molecule has 1 aliphatic carbocycles. The molecule has 0 N–H and O–H groups in total. The van der Waals surface area contributed by atoms with Crippen LogP contribution in [0.4, 0.5) is 0 Å². The molecular formula is C4H7Sn. The zero-order chi connectivity index (χ0) is 3.70. The molecule has 0 aromatic carbocycles. The quantitative estimate of drug-likeness (QED) is 0.482. The van der Waals surface area contributed by atoms with Gasteiger partial charge in [-0.3, -0.25) is 0 Å². The Morgan fingerprint density at radius 3 is 1.80 bits per heavy atom. The van der Waals surface area contributed by atoms with Crippen molar-refractivity contribution in [2.45, 2.75) is 23.2 Å². The third-order valence-corrected chi connectivity index (χ3v) is 2.75. The Balaban J connectivity index is 2.08. The van der Waals surface area contributed by atoms with E-state index < -0.39 is 0 Å². The van der Waals surface area contributed by atoms with Crippen LogP contribution in [-0.4, -0.2) is 22.5 Å². The maximum absolute atomic E-state index is 1.76. The summed E-state index contributed by atoms with van der Waals surface area (Å²) >= 11 is 1.76. The van der Waals surface area contributed by atoms with Crippen molar-refractivity contribution >= 4 is 22.5 Å². The summed E-state index contributed by atoms with van der Waals surface area (Å²) in [6, 6.07) is 0. The van der Waals surface area contributed by atoms with Gasteiger partial charge >= 0.3 is 45.7 Å². The molecule has 3 radical (unpaired) electrons. The fourth-order valence-corrected chi connectivity index (χ4v) is 1.57. The molecule has 27 valence electrons. The van der Waals surface area contributed by atoms with Gasteiger partial charge in [-0.25, -0.2) is 0 Å². The molecule has 0 spiro atoms. The molecule has 1 fully saturated rings. The summed E-state index contributed by atoms with van der Waals surface area (Å²) in [4.78, 5) is 0. The van der Waals surface area contributed by atoms with E-state index in [2.05, 4.69) is 0 Å². The van der Waals surface area contributed by atoms with E-state index in [-0.39, 0.29) is 0 Å². The molecular weight excluding hydrogens is 167 g/mol. The van der Waals surface area contributed by atoms with Crippen LogP contribution in [0.15, 0.2) is 0 Å². The van der Waals surface area contributed by atoms with Gasteiger partial charge in [-0.15, -0.1) is 0 Å². The summed E-state index contributed by atoms with van der Waals surface area (Å²) in [5.41, 5.74) is 0. The molecule has 0 atom stereocenters. The third kappa shape index (κ3) is 0.813. The summed E-state index contributed by atoms with van der Waals surface area (Å²) < 4.78 is 1.15. The van der Waals surface area contributed by atoms with Crippen molar-refractivity contribution in [3.8, 4) is 0 Å². The Morgan fingerprint density at radius 1 is 1.40 bits per heavy atom. The molecule has 0 aliphatic heterocycles. The van der Waals surface area contributed by atoms with Gasteiger partial charge < -0.3 is 0 Å². The van der Waals surface area contributed by atoms with Gasteiger partial charge in [-0.2, -0.15) is 0 Å². The topological polar surface area (TPSA) is 0 Å². The van der Waals surface area contributed by atoms with E-state index in [1.165, 1.54) is 19.3 Å². The van der Waals surface area contributed by atoms with Crippen LogP contribution in [-0.2, 0) is 0 Å². The Hall–Kier alpha value is 0.799. The predicted octanol–water partition coefficient (Wildman–Crippen LogP) is 1.13. The predicted molar refractivity (Wildman–Crippen MR) is 23.4 cm³/mol. The standard InChI is InChI=1S/C4H7.Sn/c1-2-4-3-1;/h1H,2-4H2;. The minimum absolute atomic E-state index is 1.15. The van der Waals surface area contributed by atoms with Crippen LogP contribution in [0.25, 0.3) is 0 Å². The fraction of sp³-hybridized carbons (Fsp3) is 1.00. The Bertz CT molecular complexity index is 30.6. The van der Waals surface area contributed by atoms with Crippen LogP contribution in [0.1, 0.15) is 19.3 Å². The first kappa shape index (κ1) is 3.97. The first-order chi connectivity index (χ1) is 2.39. The molecule has 0 amide bonds. The van der Waals surface area contributed by atoms with Gasteiger partial charge in [0, 0.05) is 0 Å². The monoisotopic (exact) mass is 175 g/mol. The van der Waals surface area contributed by atoms with Gasteiger partial charge in [0.05, 0.1) is 0 Å². The molecule has 5 heavy (non-hydrogen) atoms. The zero-order valence-corrected chi connectivity index (χ0v) is 6.05. The fourth-order valence-electron chi connectivity index (χ4n) is 0.408. The van der Waals surface area contributed by atoms with Crippen LogP contribution in [0.5, 0.6) is 0 Å². The van der Waals surface area contributed by atoms with Crippen LogP contribution in [0.3, 0.4) is 0 Å². The molecule has 1 aliphatic rings. The van der Waals surface area contributed by atoms with E-state index >= 15 is 0 Å². The van der Waals surface area contributed by atoms with Gasteiger partial charge in [-0.1, -0.05) is 0 Å². The van der Waals surface area contributed by atoms with Crippen molar-refractivity contribution in [2.75, 3.05) is 0 Å². The van der Waals surface area contributed by atoms with Gasteiger partial charge in [0.2, 0.25) is 0 Å². The van der Waals surface area contributed by atoms with E-state index in [0.29, 0.717) is 0 Å². The summed E-state index contributed by atoms with van der Waals surface area (Å²) in [6.45, 7) is 0. The van der Waals surface area contributed by atoms with Crippen LogP contribution in [0, 0.1) is 0 Å². The van der Waals surface area contributed by atoms with Crippen LogP contribution < -0.4 is 0 Å². The molecule has 0 nitrogen and oxygen atoms in total. The van der Waals surface area contributed by atoms with Gasteiger partial charge in [0.1, 0.15) is 0 Å². The van der Waals surface area contributed by atoms with Crippen molar-refractivity contribution in [3.05, 3.63) is 0 Å². The van der Waals surface area contributed by atoms with Crippen molar-refractivity contribution in [1.82, 2.24) is 0 Å². The van der Waals surface area contributed by atoms with Crippen LogP contribution >= 0.6 is 0 Å². The third-order valence-electron chi connectivity index (χ3n) is 1.11. The molecule has 0 aromatic rings. The average molecular weight is 174 g/mol. The molecule has 1 rings (SSSR count). The van der Waals surface area contributed by atoms with E-state index in [1.54, 1.807) is 22.5 Å². The van der Waals surface area contributed by atoms with Crippen LogP contribution in [0.2, 0.25) is 3.93 Å². The van der Waals surface area contributed by atoms with Crippen molar-refractivity contribution < 1.29 is 0 Å². The summed E-state index contributed by atoms with van der Waals surface area (Å²) in [5, 5.41) is 0. The van der Waals surface area contributed by atoms with Gasteiger partial charge in [0.25, 0.3) is 0 Å².